The Morgan fingerprint density at radius 2 is 1.72 bits per heavy atom. The van der Waals surface area contributed by atoms with Crippen LogP contribution in [-0.2, 0) is 15.2 Å². The largest absolute Gasteiger partial charge is 0.480 e. The molecule has 0 aliphatic carbocycles. The Labute approximate surface area is 104 Å². The fourth-order valence-corrected chi connectivity index (χ4v) is 0.761. The second kappa shape index (κ2) is 7.81. The van der Waals surface area contributed by atoms with Crippen LogP contribution >= 0.6 is 0 Å². The Morgan fingerprint density at radius 3 is 2.00 bits per heavy atom. The topological polar surface area (TPSA) is 202 Å². The summed E-state index contributed by atoms with van der Waals surface area (Å²) in [5, 5.41) is 8.64. The van der Waals surface area contributed by atoms with Crippen LogP contribution in [0.1, 0.15) is 19.8 Å². The van der Waals surface area contributed by atoms with Crippen LogP contribution in [-0.4, -0.2) is 46.6 Å². The van der Waals surface area contributed by atoms with E-state index in [1.807, 2.05) is 0 Å². The van der Waals surface area contributed by atoms with E-state index in [1.165, 1.54) is 6.92 Å². The Bertz CT molecular complexity index is 379. The minimum Gasteiger partial charge on any atom is -0.480 e. The SMILES string of the molecule is CC(N)(CCCN=C(N)N)C(=O)O.O=S(=O)(O)O. The molecule has 0 aromatic carbocycles. The molecule has 108 valence electrons. The highest BCUT2D eigenvalue weighted by Gasteiger charge is 2.26. The third-order valence-corrected chi connectivity index (χ3v) is 1.64. The highest BCUT2D eigenvalue weighted by Crippen LogP contribution is 2.08. The molecule has 0 radical (unpaired) electrons. The summed E-state index contributed by atoms with van der Waals surface area (Å²) in [7, 11) is -4.67. The predicted molar refractivity (Wildman–Crippen MR) is 64.3 cm³/mol. The van der Waals surface area contributed by atoms with Crippen LogP contribution < -0.4 is 17.2 Å². The van der Waals surface area contributed by atoms with Crippen LogP contribution in [0.4, 0.5) is 0 Å². The van der Waals surface area contributed by atoms with E-state index in [0.29, 0.717) is 19.4 Å². The zero-order valence-corrected chi connectivity index (χ0v) is 10.6. The van der Waals surface area contributed by atoms with Gasteiger partial charge in [0.2, 0.25) is 0 Å². The number of guanidine groups is 1. The lowest BCUT2D eigenvalue weighted by molar-refractivity contribution is -0.142. The summed E-state index contributed by atoms with van der Waals surface area (Å²) in [5.74, 6) is -1.01. The molecule has 1 unspecified atom stereocenters. The number of carboxylic acids is 1. The van der Waals surface area contributed by atoms with Gasteiger partial charge >= 0.3 is 16.4 Å². The first-order chi connectivity index (χ1) is 7.86. The first-order valence-corrected chi connectivity index (χ1v) is 6.03. The monoisotopic (exact) mass is 286 g/mol. The van der Waals surface area contributed by atoms with Crippen LogP contribution in [0, 0.1) is 0 Å². The molecule has 0 aliphatic rings. The number of nitrogens with zero attached hydrogens (tertiary/aromatic N) is 1. The van der Waals surface area contributed by atoms with E-state index in [0.717, 1.165) is 0 Å². The van der Waals surface area contributed by atoms with Crippen molar-refractivity contribution in [3.63, 3.8) is 0 Å². The third kappa shape index (κ3) is 17.0. The Hall–Kier alpha value is -1.43. The molecule has 18 heavy (non-hydrogen) atoms. The fraction of sp³-hybridized carbons (Fsp3) is 0.714. The van der Waals surface area contributed by atoms with Crippen molar-refractivity contribution in [1.82, 2.24) is 0 Å². The average molecular weight is 286 g/mol. The second-order valence-corrected chi connectivity index (χ2v) is 4.48. The lowest BCUT2D eigenvalue weighted by Crippen LogP contribution is -2.44. The van der Waals surface area contributed by atoms with Gasteiger partial charge in [-0.3, -0.25) is 18.9 Å². The molecular formula is C7H18N4O6S. The number of nitrogens with two attached hydrogens (primary N) is 3. The summed E-state index contributed by atoms with van der Waals surface area (Å²) < 4.78 is 31.6. The van der Waals surface area contributed by atoms with Crippen LogP contribution in [0.5, 0.6) is 0 Å². The molecule has 0 amide bonds. The highest BCUT2D eigenvalue weighted by atomic mass is 32.3. The number of aliphatic imine (C=N–C) groups is 1. The summed E-state index contributed by atoms with van der Waals surface area (Å²) in [4.78, 5) is 14.2. The van der Waals surface area contributed by atoms with Gasteiger partial charge in [-0.15, -0.1) is 0 Å². The molecule has 0 bridgehead atoms. The van der Waals surface area contributed by atoms with Gasteiger partial charge in [0.25, 0.3) is 0 Å². The van der Waals surface area contributed by atoms with Crippen LogP contribution in [0.3, 0.4) is 0 Å². The maximum atomic E-state index is 10.5. The second-order valence-electron chi connectivity index (χ2n) is 3.58. The molecule has 0 aromatic rings. The molecule has 0 saturated heterocycles. The minimum absolute atomic E-state index is 0.00838. The van der Waals surface area contributed by atoms with E-state index in [-0.39, 0.29) is 5.96 Å². The lowest BCUT2D eigenvalue weighted by atomic mass is 9.98. The van der Waals surface area contributed by atoms with Gasteiger partial charge in [0.15, 0.2) is 5.96 Å². The van der Waals surface area contributed by atoms with Gasteiger partial charge in [-0.25, -0.2) is 0 Å². The van der Waals surface area contributed by atoms with Crippen molar-refractivity contribution in [2.24, 2.45) is 22.2 Å². The zero-order valence-electron chi connectivity index (χ0n) is 9.78. The molecule has 1 atom stereocenters. The number of aliphatic carboxylic acids is 1. The van der Waals surface area contributed by atoms with Crippen LogP contribution in [0.25, 0.3) is 0 Å². The van der Waals surface area contributed by atoms with E-state index < -0.39 is 21.9 Å². The van der Waals surface area contributed by atoms with Gasteiger partial charge in [-0.2, -0.15) is 8.42 Å². The zero-order chi connectivity index (χ0) is 15.0. The smallest absolute Gasteiger partial charge is 0.394 e. The third-order valence-electron chi connectivity index (χ3n) is 1.64. The maximum Gasteiger partial charge on any atom is 0.394 e. The molecule has 10 nitrogen and oxygen atoms in total. The number of hydrogen-bond donors (Lipinski definition) is 6. The first-order valence-electron chi connectivity index (χ1n) is 4.64. The average Bonchev–Trinajstić information content (AvgIpc) is 2.09. The van der Waals surface area contributed by atoms with Gasteiger partial charge in [0.1, 0.15) is 5.54 Å². The van der Waals surface area contributed by atoms with Crippen molar-refractivity contribution in [2.75, 3.05) is 6.54 Å². The Balaban J connectivity index is 0. The van der Waals surface area contributed by atoms with Crippen LogP contribution in [0.2, 0.25) is 0 Å². The van der Waals surface area contributed by atoms with Gasteiger partial charge in [-0.05, 0) is 19.8 Å². The van der Waals surface area contributed by atoms with Gasteiger partial charge in [0.05, 0.1) is 0 Å². The lowest BCUT2D eigenvalue weighted by Gasteiger charge is -2.17. The van der Waals surface area contributed by atoms with E-state index in [1.54, 1.807) is 0 Å². The maximum absolute atomic E-state index is 10.5. The number of carbonyl (C=O) groups is 1. The van der Waals surface area contributed by atoms with Crippen molar-refractivity contribution in [3.8, 4) is 0 Å². The van der Waals surface area contributed by atoms with Gasteiger partial charge in [0, 0.05) is 6.54 Å². The summed E-state index contributed by atoms with van der Waals surface area (Å²) in [6.07, 6.45) is 0.899. The predicted octanol–water partition coefficient (Wildman–Crippen LogP) is -1.81. The Morgan fingerprint density at radius 1 is 1.33 bits per heavy atom. The number of hydrogen-bond acceptors (Lipinski definition) is 5. The molecular weight excluding hydrogens is 268 g/mol. The van der Waals surface area contributed by atoms with Crippen molar-refractivity contribution in [1.29, 1.82) is 0 Å². The van der Waals surface area contributed by atoms with E-state index in [9.17, 15) is 4.79 Å². The summed E-state index contributed by atoms with van der Waals surface area (Å²) in [5.41, 5.74) is 14.4. The first kappa shape index (κ1) is 18.9. The van der Waals surface area contributed by atoms with E-state index in [2.05, 4.69) is 4.99 Å². The normalized spacial score (nSPS) is 13.8. The van der Waals surface area contributed by atoms with E-state index in [4.69, 9.17) is 39.8 Å². The van der Waals surface area contributed by atoms with Crippen LogP contribution in [0.15, 0.2) is 4.99 Å². The van der Waals surface area contributed by atoms with Crippen molar-refractivity contribution < 1.29 is 27.4 Å². The van der Waals surface area contributed by atoms with Crippen molar-refractivity contribution in [2.45, 2.75) is 25.3 Å². The molecule has 9 N–H and O–H groups in total. The number of carboxylic acid groups (broad SMARTS) is 1. The molecule has 0 spiro atoms. The summed E-state index contributed by atoms with van der Waals surface area (Å²) in [6, 6.07) is 0. The molecule has 0 heterocycles. The highest BCUT2D eigenvalue weighted by molar-refractivity contribution is 7.79. The molecule has 0 fully saturated rings. The van der Waals surface area contributed by atoms with Gasteiger partial charge < -0.3 is 22.3 Å². The molecule has 0 saturated carbocycles. The minimum atomic E-state index is -4.67. The quantitative estimate of drug-likeness (QED) is 0.146. The van der Waals surface area contributed by atoms with Crippen molar-refractivity contribution in [3.05, 3.63) is 0 Å². The molecule has 0 rings (SSSR count). The summed E-state index contributed by atoms with van der Waals surface area (Å²) in [6.45, 7) is 1.87. The van der Waals surface area contributed by atoms with Gasteiger partial charge in [-0.1, -0.05) is 0 Å². The number of rotatable bonds is 5. The fourth-order valence-electron chi connectivity index (χ4n) is 0.761. The molecule has 0 aromatic heterocycles. The standard InChI is InChI=1S/C7H16N4O2.H2O4S/c1-7(10,5(12)13)3-2-4-11-6(8)9;1-5(2,3)4/h2-4,10H2,1H3,(H,12,13)(H4,8,9,11);(H2,1,2,3,4). The van der Waals surface area contributed by atoms with E-state index >= 15 is 0 Å². The molecule has 11 heteroatoms. The Kier molecular flexibility index (Phi) is 8.21. The molecule has 0 aliphatic heterocycles. The van der Waals surface area contributed by atoms with Crippen molar-refractivity contribution >= 4 is 22.3 Å². The summed E-state index contributed by atoms with van der Waals surface area (Å²) >= 11 is 0.